The number of nitrogens with zero attached hydrogens (tertiary/aromatic N) is 1. The lowest BCUT2D eigenvalue weighted by molar-refractivity contribution is -0.00712. The van der Waals surface area contributed by atoms with Crippen molar-refractivity contribution in [1.29, 1.82) is 5.26 Å². The Bertz CT molecular complexity index is 226. The van der Waals surface area contributed by atoms with Crippen LogP contribution in [-0.4, -0.2) is 23.3 Å². The Morgan fingerprint density at radius 1 is 1.53 bits per heavy atom. The van der Waals surface area contributed by atoms with Gasteiger partial charge in [0.2, 0.25) is 0 Å². The zero-order valence-electron chi connectivity index (χ0n) is 9.79. The van der Waals surface area contributed by atoms with Crippen LogP contribution in [0.2, 0.25) is 0 Å². The maximum absolute atomic E-state index is 10.3. The van der Waals surface area contributed by atoms with Gasteiger partial charge in [0.15, 0.2) is 0 Å². The van der Waals surface area contributed by atoms with Crippen molar-refractivity contribution in [3.8, 4) is 6.07 Å². The molecule has 3 nitrogen and oxygen atoms in total. The number of rotatable bonds is 4. The first kappa shape index (κ1) is 12.5. The summed E-state index contributed by atoms with van der Waals surface area (Å²) >= 11 is 0. The van der Waals surface area contributed by atoms with Crippen LogP contribution in [0.4, 0.5) is 0 Å². The molecular weight excluding hydrogens is 188 g/mol. The maximum Gasteiger partial charge on any atom is 0.0951 e. The van der Waals surface area contributed by atoms with Crippen LogP contribution >= 0.6 is 0 Å². The van der Waals surface area contributed by atoms with Gasteiger partial charge in [0, 0.05) is 6.54 Å². The van der Waals surface area contributed by atoms with Gasteiger partial charge < -0.3 is 5.11 Å². The molecule has 3 heteroatoms. The summed E-state index contributed by atoms with van der Waals surface area (Å²) in [5, 5.41) is 22.2. The predicted molar refractivity (Wildman–Crippen MR) is 60.3 cm³/mol. The quantitative estimate of drug-likeness (QED) is 0.744. The van der Waals surface area contributed by atoms with E-state index in [0.717, 1.165) is 38.0 Å². The third-order valence-corrected chi connectivity index (χ3v) is 3.45. The molecule has 0 heterocycles. The van der Waals surface area contributed by atoms with Crippen molar-refractivity contribution in [3.63, 3.8) is 0 Å². The van der Waals surface area contributed by atoms with Gasteiger partial charge in [0.1, 0.15) is 0 Å². The van der Waals surface area contributed by atoms with E-state index in [1.165, 1.54) is 0 Å². The SMILES string of the molecule is CCC(C#N)NCC1(O)CCC(C)CC1. The second kappa shape index (κ2) is 5.48. The second-order valence-electron chi connectivity index (χ2n) is 4.88. The molecule has 0 aliphatic heterocycles. The topological polar surface area (TPSA) is 56.0 Å². The average molecular weight is 210 g/mol. The molecule has 0 spiro atoms. The van der Waals surface area contributed by atoms with Crippen LogP contribution in [0.1, 0.15) is 46.0 Å². The fraction of sp³-hybridized carbons (Fsp3) is 0.917. The first-order chi connectivity index (χ1) is 7.09. The highest BCUT2D eigenvalue weighted by Gasteiger charge is 2.31. The van der Waals surface area contributed by atoms with Gasteiger partial charge in [0.05, 0.1) is 17.7 Å². The van der Waals surface area contributed by atoms with Gasteiger partial charge in [-0.2, -0.15) is 5.26 Å². The third-order valence-electron chi connectivity index (χ3n) is 3.45. The summed E-state index contributed by atoms with van der Waals surface area (Å²) in [6.07, 6.45) is 4.72. The lowest BCUT2D eigenvalue weighted by Crippen LogP contribution is -2.46. The van der Waals surface area contributed by atoms with Crippen LogP contribution in [0.25, 0.3) is 0 Å². The van der Waals surface area contributed by atoms with E-state index < -0.39 is 5.60 Å². The third kappa shape index (κ3) is 3.81. The molecule has 1 saturated carbocycles. The molecule has 0 aromatic heterocycles. The summed E-state index contributed by atoms with van der Waals surface area (Å²) in [5.74, 6) is 0.739. The maximum atomic E-state index is 10.3. The summed E-state index contributed by atoms with van der Waals surface area (Å²) in [5.41, 5.74) is -0.573. The van der Waals surface area contributed by atoms with E-state index in [2.05, 4.69) is 18.3 Å². The Labute approximate surface area is 92.5 Å². The lowest BCUT2D eigenvalue weighted by Gasteiger charge is -2.35. The minimum Gasteiger partial charge on any atom is -0.389 e. The van der Waals surface area contributed by atoms with E-state index in [9.17, 15) is 5.11 Å². The Kier molecular flexibility index (Phi) is 4.56. The molecule has 0 aromatic rings. The van der Waals surface area contributed by atoms with Gasteiger partial charge in [-0.15, -0.1) is 0 Å². The Morgan fingerprint density at radius 3 is 2.60 bits per heavy atom. The summed E-state index contributed by atoms with van der Waals surface area (Å²) in [6.45, 7) is 4.77. The molecule has 15 heavy (non-hydrogen) atoms. The predicted octanol–water partition coefficient (Wildman–Crippen LogP) is 1.82. The van der Waals surface area contributed by atoms with Gasteiger partial charge in [0.25, 0.3) is 0 Å². The molecular formula is C12H22N2O. The zero-order valence-corrected chi connectivity index (χ0v) is 9.79. The zero-order chi connectivity index (χ0) is 11.3. The number of aliphatic hydroxyl groups is 1. The highest BCUT2D eigenvalue weighted by atomic mass is 16.3. The molecule has 2 N–H and O–H groups in total. The second-order valence-corrected chi connectivity index (χ2v) is 4.88. The average Bonchev–Trinajstić information content (AvgIpc) is 2.25. The van der Waals surface area contributed by atoms with Crippen LogP contribution in [0.15, 0.2) is 0 Å². The Morgan fingerprint density at radius 2 is 2.13 bits per heavy atom. The van der Waals surface area contributed by atoms with Crippen LogP contribution in [0.3, 0.4) is 0 Å². The van der Waals surface area contributed by atoms with E-state index in [-0.39, 0.29) is 6.04 Å². The molecule has 0 bridgehead atoms. The standard InChI is InChI=1S/C12H22N2O/c1-3-11(8-13)14-9-12(15)6-4-10(2)5-7-12/h10-11,14-15H,3-7,9H2,1-2H3. The summed E-state index contributed by atoms with van der Waals surface area (Å²) in [4.78, 5) is 0. The highest BCUT2D eigenvalue weighted by Crippen LogP contribution is 2.31. The van der Waals surface area contributed by atoms with Crippen molar-refractivity contribution in [3.05, 3.63) is 0 Å². The highest BCUT2D eigenvalue weighted by molar-refractivity contribution is 4.93. The lowest BCUT2D eigenvalue weighted by atomic mass is 9.79. The number of nitriles is 1. The smallest absolute Gasteiger partial charge is 0.0951 e. The van der Waals surface area contributed by atoms with Crippen LogP contribution in [-0.2, 0) is 0 Å². The number of nitrogens with one attached hydrogen (secondary N) is 1. The largest absolute Gasteiger partial charge is 0.389 e. The monoisotopic (exact) mass is 210 g/mol. The van der Waals surface area contributed by atoms with Crippen molar-refractivity contribution >= 4 is 0 Å². The molecule has 0 amide bonds. The van der Waals surface area contributed by atoms with Gasteiger partial charge in [-0.05, 0) is 38.0 Å². The van der Waals surface area contributed by atoms with Crippen LogP contribution in [0, 0.1) is 17.2 Å². The number of hydrogen-bond donors (Lipinski definition) is 2. The van der Waals surface area contributed by atoms with Crippen LogP contribution < -0.4 is 5.32 Å². The van der Waals surface area contributed by atoms with Crippen molar-refractivity contribution in [1.82, 2.24) is 5.32 Å². The molecule has 0 aromatic carbocycles. The molecule has 0 radical (unpaired) electrons. The molecule has 1 atom stereocenters. The van der Waals surface area contributed by atoms with Gasteiger partial charge in [-0.3, -0.25) is 5.32 Å². The summed E-state index contributed by atoms with van der Waals surface area (Å²) in [7, 11) is 0. The summed E-state index contributed by atoms with van der Waals surface area (Å²) < 4.78 is 0. The van der Waals surface area contributed by atoms with Crippen molar-refractivity contribution in [2.75, 3.05) is 6.54 Å². The molecule has 1 rings (SSSR count). The normalized spacial score (nSPS) is 33.3. The fourth-order valence-electron chi connectivity index (χ4n) is 2.07. The van der Waals surface area contributed by atoms with E-state index in [1.807, 2.05) is 6.92 Å². The first-order valence-corrected chi connectivity index (χ1v) is 5.95. The van der Waals surface area contributed by atoms with Gasteiger partial charge >= 0.3 is 0 Å². The Balaban J connectivity index is 2.34. The van der Waals surface area contributed by atoms with Crippen molar-refractivity contribution in [2.45, 2.75) is 57.6 Å². The van der Waals surface area contributed by atoms with Crippen molar-refractivity contribution < 1.29 is 5.11 Å². The van der Waals surface area contributed by atoms with E-state index in [1.54, 1.807) is 0 Å². The van der Waals surface area contributed by atoms with E-state index >= 15 is 0 Å². The molecule has 86 valence electrons. The minimum absolute atomic E-state index is 0.117. The summed E-state index contributed by atoms with van der Waals surface area (Å²) in [6, 6.07) is 2.08. The van der Waals surface area contributed by atoms with Crippen LogP contribution in [0.5, 0.6) is 0 Å². The van der Waals surface area contributed by atoms with Gasteiger partial charge in [-0.1, -0.05) is 13.8 Å². The molecule has 1 unspecified atom stereocenters. The van der Waals surface area contributed by atoms with E-state index in [4.69, 9.17) is 5.26 Å². The molecule has 1 fully saturated rings. The minimum atomic E-state index is -0.573. The molecule has 1 aliphatic carbocycles. The first-order valence-electron chi connectivity index (χ1n) is 5.95. The fourth-order valence-corrected chi connectivity index (χ4v) is 2.07. The van der Waals surface area contributed by atoms with Gasteiger partial charge in [-0.25, -0.2) is 0 Å². The van der Waals surface area contributed by atoms with E-state index in [0.29, 0.717) is 6.54 Å². The number of hydrogen-bond acceptors (Lipinski definition) is 3. The van der Waals surface area contributed by atoms with Crippen molar-refractivity contribution in [2.24, 2.45) is 5.92 Å². The Hall–Kier alpha value is -0.590. The molecule has 0 saturated heterocycles. The molecule has 1 aliphatic rings.